The zero-order chi connectivity index (χ0) is 35.8. The quantitative estimate of drug-likeness (QED) is 0.131. The summed E-state index contributed by atoms with van der Waals surface area (Å²) >= 11 is 0. The average Bonchev–Trinajstić information content (AvgIpc) is 3.17. The summed E-state index contributed by atoms with van der Waals surface area (Å²) in [5, 5.41) is 2.43. The van der Waals surface area contributed by atoms with Gasteiger partial charge in [0.1, 0.15) is 12.2 Å². The molecule has 5 aromatic carbocycles. The standard InChI is InChI=1S/C44H39N3O5/c1-28-13-15-29(16-14-28)27-52-39-18-17-30(24-40(39)51-2)23-38-42(48)45-44(50)47(43(38)49)33-25-36-34(31-9-5-3-6-10-31)19-21-46-22-20-35(37(26-33)41(36)46)32-11-7-4-8-12-32/h3-18,23-26,34-35H,19-22,27H2,1-2H3,(H,45,48,50)/b38-23+/t34-,35-/m1/s1. The van der Waals surface area contributed by atoms with Crippen molar-refractivity contribution in [3.8, 4) is 11.5 Å². The number of carbonyl (C=O) groups excluding carboxylic acids is 3. The maximum Gasteiger partial charge on any atom is 0.335 e. The van der Waals surface area contributed by atoms with Crippen molar-refractivity contribution in [2.45, 2.75) is 38.2 Å². The fourth-order valence-corrected chi connectivity index (χ4v) is 7.77. The van der Waals surface area contributed by atoms with Gasteiger partial charge in [0.25, 0.3) is 11.8 Å². The van der Waals surface area contributed by atoms with Crippen LogP contribution < -0.4 is 24.6 Å². The van der Waals surface area contributed by atoms with Gasteiger partial charge in [-0.15, -0.1) is 0 Å². The first-order valence-electron chi connectivity index (χ1n) is 17.7. The van der Waals surface area contributed by atoms with E-state index in [0.29, 0.717) is 29.4 Å². The lowest BCUT2D eigenvalue weighted by molar-refractivity contribution is -0.122. The molecule has 0 bridgehead atoms. The van der Waals surface area contributed by atoms with Gasteiger partial charge < -0.3 is 14.4 Å². The Bertz CT molecular complexity index is 2120. The first-order valence-corrected chi connectivity index (χ1v) is 17.7. The van der Waals surface area contributed by atoms with Crippen LogP contribution in [0.5, 0.6) is 11.5 Å². The molecule has 1 fully saturated rings. The molecule has 0 aliphatic carbocycles. The number of rotatable bonds is 8. The zero-order valence-electron chi connectivity index (χ0n) is 29.2. The largest absolute Gasteiger partial charge is 0.493 e. The van der Waals surface area contributed by atoms with Crippen molar-refractivity contribution in [2.24, 2.45) is 0 Å². The average molecular weight is 690 g/mol. The second-order valence-electron chi connectivity index (χ2n) is 13.6. The van der Waals surface area contributed by atoms with Crippen LogP contribution in [0.25, 0.3) is 6.08 Å². The van der Waals surface area contributed by atoms with E-state index >= 15 is 0 Å². The first-order chi connectivity index (χ1) is 25.4. The van der Waals surface area contributed by atoms with Crippen LogP contribution in [0.15, 0.2) is 121 Å². The second kappa shape index (κ2) is 13.9. The topological polar surface area (TPSA) is 88.2 Å². The number of ether oxygens (including phenoxy) is 2. The molecule has 3 aliphatic rings. The molecule has 8 nitrogen and oxygen atoms in total. The van der Waals surface area contributed by atoms with Gasteiger partial charge >= 0.3 is 6.03 Å². The van der Waals surface area contributed by atoms with Crippen LogP contribution in [0.4, 0.5) is 16.2 Å². The number of amides is 4. The minimum Gasteiger partial charge on any atom is -0.493 e. The zero-order valence-corrected chi connectivity index (χ0v) is 29.2. The summed E-state index contributed by atoms with van der Waals surface area (Å²) in [6, 6.07) is 37.3. The van der Waals surface area contributed by atoms with Gasteiger partial charge in [0.05, 0.1) is 12.8 Å². The van der Waals surface area contributed by atoms with E-state index in [-0.39, 0.29) is 17.4 Å². The van der Waals surface area contributed by atoms with Gasteiger partial charge in [-0.1, -0.05) is 96.6 Å². The highest BCUT2D eigenvalue weighted by Crippen LogP contribution is 2.50. The molecule has 52 heavy (non-hydrogen) atoms. The Morgan fingerprint density at radius 1 is 0.750 bits per heavy atom. The number of anilines is 2. The van der Waals surface area contributed by atoms with Gasteiger partial charge in [0.2, 0.25) is 0 Å². The number of carbonyl (C=O) groups is 3. The summed E-state index contributed by atoms with van der Waals surface area (Å²) in [6.45, 7) is 4.23. The third kappa shape index (κ3) is 6.21. The van der Waals surface area contributed by atoms with Crippen LogP contribution in [-0.4, -0.2) is 38.0 Å². The van der Waals surface area contributed by atoms with Crippen molar-refractivity contribution in [1.82, 2.24) is 5.32 Å². The van der Waals surface area contributed by atoms with E-state index < -0.39 is 17.8 Å². The third-order valence-corrected chi connectivity index (χ3v) is 10.4. The minimum atomic E-state index is -0.771. The van der Waals surface area contributed by atoms with Gasteiger partial charge in [-0.2, -0.15) is 0 Å². The van der Waals surface area contributed by atoms with Gasteiger partial charge in [0.15, 0.2) is 11.5 Å². The lowest BCUT2D eigenvalue weighted by atomic mass is 9.76. The van der Waals surface area contributed by atoms with Gasteiger partial charge in [-0.25, -0.2) is 9.69 Å². The molecule has 0 aromatic heterocycles. The molecule has 1 saturated heterocycles. The predicted octanol–water partition coefficient (Wildman–Crippen LogP) is 8.13. The molecule has 4 amide bonds. The molecule has 8 heteroatoms. The van der Waals surface area contributed by atoms with E-state index in [4.69, 9.17) is 9.47 Å². The van der Waals surface area contributed by atoms with Crippen LogP contribution in [0.1, 0.15) is 63.6 Å². The molecule has 0 saturated carbocycles. The fraction of sp³-hybridized carbons (Fsp3) is 0.205. The van der Waals surface area contributed by atoms with Gasteiger partial charge in [0, 0.05) is 30.6 Å². The Morgan fingerprint density at radius 3 is 1.96 bits per heavy atom. The Hall–Kier alpha value is -6.15. The SMILES string of the molecule is COc1cc(/C=C2\C(=O)NC(=O)N(c3cc4c5c(c3)[C@@H](c3ccccc3)CCN5CC[C@@H]4c3ccccc3)C2=O)ccc1OCc1ccc(C)cc1. The molecule has 0 radical (unpaired) electrons. The van der Waals surface area contributed by atoms with Crippen LogP contribution in [0.2, 0.25) is 0 Å². The van der Waals surface area contributed by atoms with E-state index in [1.165, 1.54) is 28.5 Å². The smallest absolute Gasteiger partial charge is 0.335 e. The lowest BCUT2D eigenvalue weighted by Crippen LogP contribution is -2.54. The van der Waals surface area contributed by atoms with Gasteiger partial charge in [-0.05, 0) is 83.5 Å². The van der Waals surface area contributed by atoms with Crippen molar-refractivity contribution in [3.05, 3.63) is 160 Å². The first kappa shape index (κ1) is 33.0. The van der Waals surface area contributed by atoms with E-state index in [1.807, 2.05) is 79.7 Å². The molecular formula is C44H39N3O5. The van der Waals surface area contributed by atoms with Crippen molar-refractivity contribution in [1.29, 1.82) is 0 Å². The number of hydrogen-bond acceptors (Lipinski definition) is 6. The van der Waals surface area contributed by atoms with Crippen LogP contribution >= 0.6 is 0 Å². The molecule has 8 rings (SSSR count). The summed E-state index contributed by atoms with van der Waals surface area (Å²) < 4.78 is 11.7. The predicted molar refractivity (Wildman–Crippen MR) is 202 cm³/mol. The molecule has 260 valence electrons. The summed E-state index contributed by atoms with van der Waals surface area (Å²) in [5.74, 6) is -0.288. The Morgan fingerprint density at radius 2 is 1.37 bits per heavy atom. The fourth-order valence-electron chi connectivity index (χ4n) is 7.77. The highest BCUT2D eigenvalue weighted by atomic mass is 16.5. The van der Waals surface area contributed by atoms with Crippen molar-refractivity contribution in [3.63, 3.8) is 0 Å². The number of nitrogens with zero attached hydrogens (tertiary/aromatic N) is 2. The Balaban J connectivity index is 1.17. The molecule has 3 aliphatic heterocycles. The molecule has 5 aromatic rings. The third-order valence-electron chi connectivity index (χ3n) is 10.4. The molecule has 0 unspecified atom stereocenters. The van der Waals surface area contributed by atoms with Crippen LogP contribution in [0, 0.1) is 6.92 Å². The van der Waals surface area contributed by atoms with Crippen LogP contribution in [0.3, 0.4) is 0 Å². The lowest BCUT2D eigenvalue weighted by Gasteiger charge is -2.44. The maximum atomic E-state index is 14.3. The van der Waals surface area contributed by atoms with Crippen molar-refractivity contribution >= 4 is 35.3 Å². The highest BCUT2D eigenvalue weighted by molar-refractivity contribution is 6.39. The summed E-state index contributed by atoms with van der Waals surface area (Å²) in [5.41, 5.74) is 8.75. The molecular weight excluding hydrogens is 651 g/mol. The van der Waals surface area contributed by atoms with E-state index in [0.717, 1.165) is 47.5 Å². The molecule has 3 heterocycles. The number of aryl methyl sites for hydroxylation is 1. The van der Waals surface area contributed by atoms with Crippen LogP contribution in [-0.2, 0) is 16.2 Å². The maximum absolute atomic E-state index is 14.3. The summed E-state index contributed by atoms with van der Waals surface area (Å²) in [6.07, 6.45) is 3.31. The summed E-state index contributed by atoms with van der Waals surface area (Å²) in [7, 11) is 1.54. The number of urea groups is 1. The van der Waals surface area contributed by atoms with Crippen molar-refractivity contribution in [2.75, 3.05) is 30.0 Å². The Kier molecular flexibility index (Phi) is 8.81. The Labute approximate surface area is 303 Å². The number of methoxy groups -OCH3 is 1. The van der Waals surface area contributed by atoms with Crippen molar-refractivity contribution < 1.29 is 23.9 Å². The number of benzene rings is 5. The minimum absolute atomic E-state index is 0.0828. The number of hydrogen-bond donors (Lipinski definition) is 1. The number of barbiturate groups is 1. The molecule has 0 spiro atoms. The van der Waals surface area contributed by atoms with E-state index in [9.17, 15) is 14.4 Å². The second-order valence-corrected chi connectivity index (χ2v) is 13.6. The monoisotopic (exact) mass is 689 g/mol. The number of imide groups is 2. The molecule has 1 N–H and O–H groups in total. The van der Waals surface area contributed by atoms with E-state index in [2.05, 4.69) is 34.5 Å². The normalized spacial score (nSPS) is 19.0. The number of nitrogens with one attached hydrogen (secondary N) is 1. The van der Waals surface area contributed by atoms with E-state index in [1.54, 1.807) is 25.3 Å². The van der Waals surface area contributed by atoms with Gasteiger partial charge in [-0.3, -0.25) is 14.9 Å². The molecule has 2 atom stereocenters. The summed E-state index contributed by atoms with van der Waals surface area (Å²) in [4.78, 5) is 44.8. The highest BCUT2D eigenvalue weighted by Gasteiger charge is 2.40.